The molecule has 1 rings (SSSR count). The summed E-state index contributed by atoms with van der Waals surface area (Å²) in [6.07, 6.45) is 1.61. The fraction of sp³-hybridized carbons (Fsp3) is 0.364. The highest BCUT2D eigenvalue weighted by molar-refractivity contribution is 7.84. The number of hydrogen-bond acceptors (Lipinski definition) is 4. The molecule has 0 aromatic carbocycles. The largest absolute Gasteiger partial charge is 0.351 e. The molecular formula is C11H14N2O2S2. The summed E-state index contributed by atoms with van der Waals surface area (Å²) < 4.78 is 10.8. The van der Waals surface area contributed by atoms with Crippen LogP contribution in [0.25, 0.3) is 0 Å². The van der Waals surface area contributed by atoms with E-state index in [9.17, 15) is 9.00 Å². The molecular weight excluding hydrogens is 256 g/mol. The van der Waals surface area contributed by atoms with Crippen molar-refractivity contribution in [3.8, 4) is 11.8 Å². The average molecular weight is 270 g/mol. The third kappa shape index (κ3) is 5.13. The quantitative estimate of drug-likeness (QED) is 0.766. The third-order valence-corrected chi connectivity index (χ3v) is 3.48. The van der Waals surface area contributed by atoms with Gasteiger partial charge in [0, 0.05) is 34.7 Å². The fourth-order valence-electron chi connectivity index (χ4n) is 1.07. The summed E-state index contributed by atoms with van der Waals surface area (Å²) in [7, 11) is -0.886. The molecule has 0 saturated carbocycles. The maximum atomic E-state index is 11.6. The van der Waals surface area contributed by atoms with Gasteiger partial charge in [-0.15, -0.1) is 11.3 Å². The van der Waals surface area contributed by atoms with Crippen LogP contribution in [-0.2, 0) is 10.8 Å². The summed E-state index contributed by atoms with van der Waals surface area (Å²) in [4.78, 5) is 12.5. The molecule has 1 aromatic rings. The minimum absolute atomic E-state index is 0.160. The first kappa shape index (κ1) is 13.9. The zero-order valence-corrected chi connectivity index (χ0v) is 11.1. The van der Waals surface area contributed by atoms with Gasteiger partial charge in [-0.3, -0.25) is 9.00 Å². The molecule has 1 atom stereocenters. The zero-order valence-electron chi connectivity index (χ0n) is 9.49. The molecule has 0 aliphatic carbocycles. The van der Waals surface area contributed by atoms with E-state index in [1.807, 2.05) is 0 Å². The van der Waals surface area contributed by atoms with Crippen LogP contribution in [0.2, 0.25) is 0 Å². The molecule has 0 fully saturated rings. The van der Waals surface area contributed by atoms with Gasteiger partial charge in [-0.1, -0.05) is 11.8 Å². The summed E-state index contributed by atoms with van der Waals surface area (Å²) >= 11 is 1.41. The van der Waals surface area contributed by atoms with Gasteiger partial charge in [0.05, 0.1) is 17.0 Å². The maximum absolute atomic E-state index is 11.6. The monoisotopic (exact) mass is 270 g/mol. The number of nitrogens with one attached hydrogen (secondary N) is 1. The molecule has 0 bridgehead atoms. The molecule has 0 spiro atoms. The van der Waals surface area contributed by atoms with Gasteiger partial charge in [-0.05, 0) is 6.07 Å². The molecule has 4 nitrogen and oxygen atoms in total. The van der Waals surface area contributed by atoms with Crippen molar-refractivity contribution in [3.05, 3.63) is 21.9 Å². The smallest absolute Gasteiger partial charge is 0.252 e. The van der Waals surface area contributed by atoms with Crippen LogP contribution in [0.5, 0.6) is 0 Å². The van der Waals surface area contributed by atoms with Crippen LogP contribution in [0.1, 0.15) is 15.2 Å². The van der Waals surface area contributed by atoms with Crippen LogP contribution in [0, 0.1) is 11.8 Å². The summed E-state index contributed by atoms with van der Waals surface area (Å²) in [6.45, 7) is 0.726. The number of nitrogens with two attached hydrogens (primary N) is 1. The van der Waals surface area contributed by atoms with Crippen molar-refractivity contribution < 1.29 is 9.00 Å². The first-order valence-corrected chi connectivity index (χ1v) is 7.60. The highest BCUT2D eigenvalue weighted by Gasteiger charge is 2.07. The molecule has 0 aliphatic rings. The summed E-state index contributed by atoms with van der Waals surface area (Å²) in [6, 6.07) is 1.73. The van der Waals surface area contributed by atoms with Gasteiger partial charge in [-0.2, -0.15) is 0 Å². The van der Waals surface area contributed by atoms with Crippen molar-refractivity contribution in [2.45, 2.75) is 0 Å². The Morgan fingerprint density at radius 3 is 3.06 bits per heavy atom. The summed E-state index contributed by atoms with van der Waals surface area (Å²) in [5.74, 6) is 5.91. The second-order valence-electron chi connectivity index (χ2n) is 3.24. The Morgan fingerprint density at radius 1 is 1.65 bits per heavy atom. The van der Waals surface area contributed by atoms with Crippen molar-refractivity contribution in [1.29, 1.82) is 0 Å². The van der Waals surface area contributed by atoms with Crippen molar-refractivity contribution in [2.75, 3.05) is 25.1 Å². The maximum Gasteiger partial charge on any atom is 0.252 e. The van der Waals surface area contributed by atoms with E-state index >= 15 is 0 Å². The van der Waals surface area contributed by atoms with E-state index in [0.29, 0.717) is 24.4 Å². The van der Waals surface area contributed by atoms with E-state index in [4.69, 9.17) is 5.73 Å². The molecule has 1 unspecified atom stereocenters. The Labute approximate surface area is 107 Å². The Kier molecular flexibility index (Phi) is 5.91. The first-order valence-electron chi connectivity index (χ1n) is 4.99. The SMILES string of the molecule is CS(=O)CCNC(=O)c1csc(C#CCN)c1. The second-order valence-corrected chi connectivity index (χ2v) is 5.70. The number of carbonyl (C=O) groups is 1. The van der Waals surface area contributed by atoms with Crippen LogP contribution in [0.4, 0.5) is 0 Å². The van der Waals surface area contributed by atoms with Gasteiger partial charge < -0.3 is 11.1 Å². The number of thiophene rings is 1. The van der Waals surface area contributed by atoms with Crippen molar-refractivity contribution in [3.63, 3.8) is 0 Å². The lowest BCUT2D eigenvalue weighted by molar-refractivity contribution is 0.0956. The topological polar surface area (TPSA) is 72.2 Å². The van der Waals surface area contributed by atoms with Crippen molar-refractivity contribution in [2.24, 2.45) is 5.73 Å². The lowest BCUT2D eigenvalue weighted by Gasteiger charge is -2.00. The Balaban J connectivity index is 2.52. The van der Waals surface area contributed by atoms with Crippen LogP contribution in [-0.4, -0.2) is 35.2 Å². The van der Waals surface area contributed by atoms with E-state index in [1.54, 1.807) is 17.7 Å². The van der Waals surface area contributed by atoms with Crippen LogP contribution >= 0.6 is 11.3 Å². The minimum atomic E-state index is -0.886. The lowest BCUT2D eigenvalue weighted by Crippen LogP contribution is -2.27. The van der Waals surface area contributed by atoms with E-state index < -0.39 is 10.8 Å². The Morgan fingerprint density at radius 2 is 2.41 bits per heavy atom. The van der Waals surface area contributed by atoms with Gasteiger partial charge in [0.25, 0.3) is 5.91 Å². The molecule has 1 aromatic heterocycles. The molecule has 3 N–H and O–H groups in total. The van der Waals surface area contributed by atoms with E-state index in [0.717, 1.165) is 4.88 Å². The average Bonchev–Trinajstić information content (AvgIpc) is 2.74. The second kappa shape index (κ2) is 7.22. The number of rotatable bonds is 4. The van der Waals surface area contributed by atoms with Gasteiger partial charge in [0.15, 0.2) is 0 Å². The molecule has 1 amide bonds. The third-order valence-electron chi connectivity index (χ3n) is 1.85. The fourth-order valence-corrected chi connectivity index (χ4v) is 2.21. The zero-order chi connectivity index (χ0) is 12.7. The lowest BCUT2D eigenvalue weighted by atomic mass is 10.3. The van der Waals surface area contributed by atoms with Crippen LogP contribution < -0.4 is 11.1 Å². The van der Waals surface area contributed by atoms with Crippen molar-refractivity contribution >= 4 is 28.0 Å². The molecule has 0 saturated heterocycles. The number of amides is 1. The Hall–Kier alpha value is -1.16. The molecule has 0 radical (unpaired) electrons. The van der Waals surface area contributed by atoms with E-state index in [-0.39, 0.29) is 5.91 Å². The van der Waals surface area contributed by atoms with Crippen LogP contribution in [0.3, 0.4) is 0 Å². The molecule has 6 heteroatoms. The van der Waals surface area contributed by atoms with Crippen molar-refractivity contribution in [1.82, 2.24) is 5.32 Å². The predicted molar refractivity (Wildman–Crippen MR) is 71.5 cm³/mol. The molecule has 92 valence electrons. The highest BCUT2D eigenvalue weighted by Crippen LogP contribution is 2.13. The minimum Gasteiger partial charge on any atom is -0.351 e. The van der Waals surface area contributed by atoms with E-state index in [2.05, 4.69) is 17.2 Å². The van der Waals surface area contributed by atoms with Gasteiger partial charge in [-0.25, -0.2) is 0 Å². The Bertz CT molecular complexity index is 471. The normalized spacial score (nSPS) is 11.4. The van der Waals surface area contributed by atoms with Gasteiger partial charge in [0.2, 0.25) is 0 Å². The van der Waals surface area contributed by atoms with E-state index in [1.165, 1.54) is 11.3 Å². The summed E-state index contributed by atoms with van der Waals surface area (Å²) in [5, 5.41) is 4.45. The first-order chi connectivity index (χ1) is 8.13. The standard InChI is InChI=1S/C11H14N2O2S2/c1-17(15)6-5-13-11(14)9-7-10(16-8-9)3-2-4-12/h7-8H,4-6,12H2,1H3,(H,13,14). The predicted octanol–water partition coefficient (Wildman–Crippen LogP) is 0.167. The number of hydrogen-bond donors (Lipinski definition) is 2. The molecule has 0 aliphatic heterocycles. The molecule has 1 heterocycles. The molecule has 17 heavy (non-hydrogen) atoms. The van der Waals surface area contributed by atoms with Crippen LogP contribution in [0.15, 0.2) is 11.4 Å². The number of carbonyl (C=O) groups excluding carboxylic acids is 1. The van der Waals surface area contributed by atoms with Gasteiger partial charge in [0.1, 0.15) is 0 Å². The summed E-state index contributed by atoms with van der Waals surface area (Å²) in [5.41, 5.74) is 5.84. The highest BCUT2D eigenvalue weighted by atomic mass is 32.2. The van der Waals surface area contributed by atoms with Gasteiger partial charge >= 0.3 is 0 Å².